The second-order valence-electron chi connectivity index (χ2n) is 5.11. The average Bonchev–Trinajstić information content (AvgIpc) is 2.86. The van der Waals surface area contributed by atoms with Crippen molar-refractivity contribution in [2.45, 2.75) is 12.1 Å². The summed E-state index contributed by atoms with van der Waals surface area (Å²) < 4.78 is 12.1. The molecule has 0 aromatic heterocycles. The predicted octanol–water partition coefficient (Wildman–Crippen LogP) is 1.43. The first kappa shape index (κ1) is 11.6. The number of nitrogens with zero attached hydrogens (tertiary/aromatic N) is 2. The fourth-order valence-corrected chi connectivity index (χ4v) is 2.67. The molecule has 6 nitrogen and oxygen atoms in total. The molecule has 3 rings (SSSR count). The summed E-state index contributed by atoms with van der Waals surface area (Å²) in [4.78, 5) is 10.2. The molecule has 6 heteroatoms. The zero-order valence-corrected chi connectivity index (χ0v) is 10.1. The Hall–Kier alpha value is -1.50. The molecule has 0 amide bonds. The number of nitro groups is 1. The van der Waals surface area contributed by atoms with Gasteiger partial charge in [0.15, 0.2) is 13.5 Å². The van der Waals surface area contributed by atoms with Gasteiger partial charge in [0.25, 0.3) is 5.69 Å². The van der Waals surface area contributed by atoms with Gasteiger partial charge < -0.3 is 9.47 Å². The molecule has 96 valence electrons. The van der Waals surface area contributed by atoms with Crippen molar-refractivity contribution in [3.05, 3.63) is 39.9 Å². The van der Waals surface area contributed by atoms with Crippen LogP contribution in [0.3, 0.4) is 0 Å². The zero-order valence-electron chi connectivity index (χ0n) is 10.1. The number of ether oxygens (including phenoxy) is 2. The molecular weight excluding hydrogens is 236 g/mol. The van der Waals surface area contributed by atoms with Gasteiger partial charge in [-0.15, -0.1) is 0 Å². The van der Waals surface area contributed by atoms with Gasteiger partial charge in [-0.25, -0.2) is 0 Å². The summed E-state index contributed by atoms with van der Waals surface area (Å²) >= 11 is 0. The lowest BCUT2D eigenvalue weighted by atomic mass is 10.0. The number of rotatable bonds is 2. The highest BCUT2D eigenvalue weighted by molar-refractivity contribution is 5.34. The first-order chi connectivity index (χ1) is 8.60. The first-order valence-electron chi connectivity index (χ1n) is 5.88. The molecule has 0 bridgehead atoms. The monoisotopic (exact) mass is 251 g/mol. The molecule has 2 heterocycles. The molecule has 0 unspecified atom stereocenters. The number of fused-ring (bicyclic) bond motifs is 1. The SMILES string of the molecule is C[N@+]12COC[C@@H]1[C@@H](c1ccc([N+](=O)[O-])cc1)OC2. The highest BCUT2D eigenvalue weighted by Gasteiger charge is 2.51. The molecule has 0 aliphatic carbocycles. The minimum absolute atomic E-state index is 0.0293. The Morgan fingerprint density at radius 1 is 1.33 bits per heavy atom. The summed E-state index contributed by atoms with van der Waals surface area (Å²) in [6.07, 6.45) is -0.0293. The van der Waals surface area contributed by atoms with Crippen molar-refractivity contribution in [2.24, 2.45) is 0 Å². The Kier molecular flexibility index (Phi) is 2.58. The molecule has 0 saturated carbocycles. The van der Waals surface area contributed by atoms with E-state index in [2.05, 4.69) is 7.05 Å². The van der Waals surface area contributed by atoms with Crippen molar-refractivity contribution in [1.82, 2.24) is 0 Å². The third-order valence-corrected chi connectivity index (χ3v) is 3.81. The van der Waals surface area contributed by atoms with Gasteiger partial charge in [-0.05, 0) is 17.7 Å². The molecule has 0 N–H and O–H groups in total. The lowest BCUT2D eigenvalue weighted by molar-refractivity contribution is -0.925. The topological polar surface area (TPSA) is 61.6 Å². The van der Waals surface area contributed by atoms with E-state index in [-0.39, 0.29) is 17.8 Å². The number of nitro benzene ring substituents is 1. The van der Waals surface area contributed by atoms with Gasteiger partial charge in [0.1, 0.15) is 18.8 Å². The molecule has 3 atom stereocenters. The maximum absolute atomic E-state index is 10.6. The highest BCUT2D eigenvalue weighted by Crippen LogP contribution is 2.38. The van der Waals surface area contributed by atoms with Gasteiger partial charge in [-0.3, -0.25) is 14.6 Å². The molecular formula is C12H15N2O4+. The van der Waals surface area contributed by atoms with Crippen LogP contribution < -0.4 is 0 Å². The van der Waals surface area contributed by atoms with Crippen LogP contribution >= 0.6 is 0 Å². The van der Waals surface area contributed by atoms with Crippen LogP contribution in [0, 0.1) is 10.1 Å². The molecule has 2 fully saturated rings. The normalized spacial score (nSPS) is 34.5. The fraction of sp³-hybridized carbons (Fsp3) is 0.500. The first-order valence-corrected chi connectivity index (χ1v) is 5.88. The lowest BCUT2D eigenvalue weighted by Crippen LogP contribution is -2.45. The summed E-state index contributed by atoms with van der Waals surface area (Å²) in [5, 5.41) is 10.6. The van der Waals surface area contributed by atoms with Crippen LogP contribution in [0.5, 0.6) is 0 Å². The Morgan fingerprint density at radius 2 is 2.06 bits per heavy atom. The summed E-state index contributed by atoms with van der Waals surface area (Å²) in [5.41, 5.74) is 1.09. The van der Waals surface area contributed by atoms with Crippen molar-refractivity contribution in [3.63, 3.8) is 0 Å². The van der Waals surface area contributed by atoms with E-state index in [0.717, 1.165) is 10.0 Å². The van der Waals surface area contributed by atoms with Crippen LogP contribution in [0.1, 0.15) is 11.7 Å². The van der Waals surface area contributed by atoms with Crippen LogP contribution in [0.15, 0.2) is 24.3 Å². The predicted molar refractivity (Wildman–Crippen MR) is 62.6 cm³/mol. The Morgan fingerprint density at radius 3 is 2.72 bits per heavy atom. The Balaban J connectivity index is 1.85. The number of hydrogen-bond donors (Lipinski definition) is 0. The van der Waals surface area contributed by atoms with Gasteiger partial charge in [-0.1, -0.05) is 0 Å². The zero-order chi connectivity index (χ0) is 12.8. The number of non-ortho nitro benzene ring substituents is 1. The van der Waals surface area contributed by atoms with E-state index in [4.69, 9.17) is 9.47 Å². The summed E-state index contributed by atoms with van der Waals surface area (Å²) in [6.45, 7) is 1.98. The van der Waals surface area contributed by atoms with Crippen molar-refractivity contribution in [3.8, 4) is 0 Å². The number of hydrogen-bond acceptors (Lipinski definition) is 4. The van der Waals surface area contributed by atoms with Crippen LogP contribution in [0.25, 0.3) is 0 Å². The second-order valence-corrected chi connectivity index (χ2v) is 5.11. The quantitative estimate of drug-likeness (QED) is 0.453. The average molecular weight is 251 g/mol. The van der Waals surface area contributed by atoms with E-state index in [9.17, 15) is 10.1 Å². The number of quaternary nitrogens is 1. The largest absolute Gasteiger partial charge is 0.325 e. The minimum Gasteiger partial charge on any atom is -0.325 e. The Labute approximate surface area is 104 Å². The van der Waals surface area contributed by atoms with Crippen LogP contribution in [0.4, 0.5) is 5.69 Å². The fourth-order valence-electron chi connectivity index (χ4n) is 2.67. The van der Waals surface area contributed by atoms with Gasteiger partial charge in [-0.2, -0.15) is 0 Å². The number of benzene rings is 1. The van der Waals surface area contributed by atoms with Crippen LogP contribution in [0.2, 0.25) is 0 Å². The molecule has 2 saturated heterocycles. The molecule has 0 radical (unpaired) electrons. The van der Waals surface area contributed by atoms with Gasteiger partial charge in [0, 0.05) is 12.1 Å². The van der Waals surface area contributed by atoms with E-state index < -0.39 is 4.92 Å². The number of likely N-dealkylation sites (N-methyl/N-ethyl adjacent to an activating group) is 1. The highest BCUT2D eigenvalue weighted by atomic mass is 16.6. The second kappa shape index (κ2) is 4.01. The third-order valence-electron chi connectivity index (χ3n) is 3.81. The lowest BCUT2D eigenvalue weighted by Gasteiger charge is -2.25. The van der Waals surface area contributed by atoms with Crippen LogP contribution in [-0.2, 0) is 9.47 Å². The van der Waals surface area contributed by atoms with Crippen molar-refractivity contribution in [2.75, 3.05) is 27.1 Å². The van der Waals surface area contributed by atoms with E-state index in [1.54, 1.807) is 12.1 Å². The molecule has 1 aromatic carbocycles. The smallest absolute Gasteiger partial charge is 0.269 e. The maximum atomic E-state index is 10.6. The Bertz CT molecular complexity index is 475. The molecule has 2 aliphatic rings. The van der Waals surface area contributed by atoms with Crippen molar-refractivity contribution < 1.29 is 18.9 Å². The van der Waals surface area contributed by atoms with Gasteiger partial charge in [0.2, 0.25) is 0 Å². The molecule has 18 heavy (non-hydrogen) atoms. The van der Waals surface area contributed by atoms with E-state index in [0.29, 0.717) is 20.1 Å². The van der Waals surface area contributed by atoms with E-state index in [1.165, 1.54) is 12.1 Å². The maximum Gasteiger partial charge on any atom is 0.269 e. The summed E-state index contributed by atoms with van der Waals surface area (Å²) in [5.74, 6) is 0. The minimum atomic E-state index is -0.391. The van der Waals surface area contributed by atoms with Gasteiger partial charge >= 0.3 is 0 Å². The molecule has 1 aromatic rings. The molecule has 2 aliphatic heterocycles. The van der Waals surface area contributed by atoms with E-state index in [1.807, 2.05) is 0 Å². The standard InChI is InChI=1S/C12H15N2O4/c1-14-7-17-6-11(14)12(18-8-14)9-2-4-10(5-3-9)13(15)16/h2-5,11-12H,6-8H2,1H3/q+1/t11-,12-,14-/m1/s1. The molecule has 0 spiro atoms. The van der Waals surface area contributed by atoms with Crippen LogP contribution in [-0.4, -0.2) is 42.6 Å². The third kappa shape index (κ3) is 1.69. The van der Waals surface area contributed by atoms with Crippen molar-refractivity contribution in [1.29, 1.82) is 0 Å². The van der Waals surface area contributed by atoms with Gasteiger partial charge in [0.05, 0.1) is 12.0 Å². The van der Waals surface area contributed by atoms with Crippen molar-refractivity contribution >= 4 is 5.69 Å². The summed E-state index contributed by atoms with van der Waals surface area (Å²) in [7, 11) is 2.11. The summed E-state index contributed by atoms with van der Waals surface area (Å²) in [6, 6.07) is 6.88. The van der Waals surface area contributed by atoms with E-state index >= 15 is 0 Å².